The molecule has 0 saturated carbocycles. The van der Waals surface area contributed by atoms with Crippen molar-refractivity contribution in [3.8, 4) is 0 Å². The molecule has 1 aromatic heterocycles. The lowest BCUT2D eigenvalue weighted by molar-refractivity contribution is -0.140. The Balaban J connectivity index is 1.43. The molecular weight excluding hydrogens is 366 g/mol. The summed E-state index contributed by atoms with van der Waals surface area (Å²) in [5, 5.41) is 0. The summed E-state index contributed by atoms with van der Waals surface area (Å²) in [4.78, 5) is 41.3. The van der Waals surface area contributed by atoms with E-state index in [9.17, 15) is 14.4 Å². The van der Waals surface area contributed by atoms with Gasteiger partial charge in [-0.3, -0.25) is 14.4 Å². The zero-order valence-corrected chi connectivity index (χ0v) is 17.4. The largest absolute Gasteiger partial charge is 0.339 e. The average molecular weight is 393 g/mol. The lowest BCUT2D eigenvalue weighted by Gasteiger charge is -2.45. The van der Waals surface area contributed by atoms with Gasteiger partial charge in [0.25, 0.3) is 11.5 Å². The first-order valence-corrected chi connectivity index (χ1v) is 10.0. The summed E-state index contributed by atoms with van der Waals surface area (Å²) in [5.74, 6) is -0.129. The number of rotatable bonds is 3. The van der Waals surface area contributed by atoms with Crippen LogP contribution in [0.5, 0.6) is 0 Å². The van der Waals surface area contributed by atoms with Crippen molar-refractivity contribution in [1.29, 1.82) is 0 Å². The van der Waals surface area contributed by atoms with E-state index in [4.69, 9.17) is 0 Å². The van der Waals surface area contributed by atoms with Crippen molar-refractivity contribution in [3.05, 3.63) is 69.6 Å². The number of aromatic nitrogens is 1. The number of pyridine rings is 1. The maximum Gasteiger partial charge on any atom is 0.270 e. The first kappa shape index (κ1) is 19.4. The molecule has 1 saturated heterocycles. The summed E-state index contributed by atoms with van der Waals surface area (Å²) < 4.78 is 1.36. The molecule has 2 aromatic rings. The topological polar surface area (TPSA) is 62.6 Å². The van der Waals surface area contributed by atoms with Gasteiger partial charge >= 0.3 is 0 Å². The fourth-order valence-corrected chi connectivity index (χ4v) is 4.62. The van der Waals surface area contributed by atoms with E-state index in [-0.39, 0.29) is 34.7 Å². The number of fused-ring (bicyclic) bond motifs is 1. The fraction of sp³-hybridized carbons (Fsp3) is 0.435. The van der Waals surface area contributed by atoms with E-state index in [1.165, 1.54) is 21.8 Å². The van der Waals surface area contributed by atoms with Gasteiger partial charge in [0.15, 0.2) is 0 Å². The Morgan fingerprint density at radius 2 is 1.76 bits per heavy atom. The minimum absolute atomic E-state index is 0.00621. The monoisotopic (exact) mass is 393 g/mol. The van der Waals surface area contributed by atoms with Gasteiger partial charge in [-0.2, -0.15) is 0 Å². The van der Waals surface area contributed by atoms with Crippen LogP contribution in [0.1, 0.15) is 35.5 Å². The number of benzene rings is 1. The van der Waals surface area contributed by atoms with Crippen molar-refractivity contribution in [2.45, 2.75) is 31.7 Å². The van der Waals surface area contributed by atoms with Gasteiger partial charge in [0.05, 0.1) is 12.0 Å². The molecule has 1 unspecified atom stereocenters. The molecule has 0 spiro atoms. The van der Waals surface area contributed by atoms with Crippen molar-refractivity contribution in [2.24, 2.45) is 13.0 Å². The molecule has 1 fully saturated rings. The van der Waals surface area contributed by atoms with E-state index >= 15 is 0 Å². The highest BCUT2D eigenvalue weighted by atomic mass is 16.2. The Kier molecular flexibility index (Phi) is 4.60. The standard InChI is InChI=1S/C23H27N3O3/c1-23(2)17-9-6-5-8-15(17)12-18(23)21(28)24(3)16-13-26(14-16)22(29)19-10-7-11-20(27)25(19)4/h5-11,16,18H,12-14H2,1-4H3. The van der Waals surface area contributed by atoms with Crippen LogP contribution in [-0.4, -0.2) is 52.4 Å². The van der Waals surface area contributed by atoms with Crippen LogP contribution in [0.2, 0.25) is 0 Å². The number of carbonyl (C=O) groups is 2. The maximum absolute atomic E-state index is 13.3. The van der Waals surface area contributed by atoms with E-state index < -0.39 is 0 Å². The third-order valence-electron chi connectivity index (χ3n) is 6.75. The minimum Gasteiger partial charge on any atom is -0.339 e. The van der Waals surface area contributed by atoms with Crippen LogP contribution in [0, 0.1) is 5.92 Å². The molecule has 1 aliphatic heterocycles. The number of hydrogen-bond acceptors (Lipinski definition) is 3. The van der Waals surface area contributed by atoms with Crippen LogP contribution >= 0.6 is 0 Å². The molecule has 152 valence electrons. The second kappa shape index (κ2) is 6.87. The van der Waals surface area contributed by atoms with Crippen LogP contribution in [0.15, 0.2) is 47.3 Å². The van der Waals surface area contributed by atoms with Crippen molar-refractivity contribution in [2.75, 3.05) is 20.1 Å². The molecule has 1 aromatic carbocycles. The van der Waals surface area contributed by atoms with Crippen LogP contribution in [-0.2, 0) is 23.7 Å². The predicted octanol–water partition coefficient (Wildman–Crippen LogP) is 1.82. The van der Waals surface area contributed by atoms with Crippen LogP contribution < -0.4 is 5.56 Å². The molecule has 0 bridgehead atoms. The molecule has 1 aliphatic carbocycles. The summed E-state index contributed by atoms with van der Waals surface area (Å²) in [7, 11) is 3.44. The number of hydrogen-bond donors (Lipinski definition) is 0. The summed E-state index contributed by atoms with van der Waals surface area (Å²) >= 11 is 0. The molecule has 0 radical (unpaired) electrons. The summed E-state index contributed by atoms with van der Waals surface area (Å²) in [6, 6.07) is 13.0. The van der Waals surface area contributed by atoms with E-state index in [0.29, 0.717) is 18.8 Å². The molecule has 2 heterocycles. The van der Waals surface area contributed by atoms with E-state index in [1.807, 2.05) is 24.1 Å². The summed E-state index contributed by atoms with van der Waals surface area (Å²) in [5.41, 5.74) is 2.46. The smallest absolute Gasteiger partial charge is 0.270 e. The zero-order chi connectivity index (χ0) is 20.9. The molecule has 0 N–H and O–H groups in total. The summed E-state index contributed by atoms with van der Waals surface area (Å²) in [6.45, 7) is 5.26. The van der Waals surface area contributed by atoms with Gasteiger partial charge in [0.1, 0.15) is 5.69 Å². The molecule has 4 rings (SSSR count). The number of nitrogens with zero attached hydrogens (tertiary/aromatic N) is 3. The maximum atomic E-state index is 13.3. The highest BCUT2D eigenvalue weighted by Gasteiger charge is 2.46. The molecule has 2 aliphatic rings. The van der Waals surface area contributed by atoms with Crippen LogP contribution in [0.3, 0.4) is 0 Å². The molecule has 6 heteroatoms. The SMILES string of the molecule is CN(C(=O)C1Cc2ccccc2C1(C)C)C1CN(C(=O)c2cccc(=O)n2C)C1. The third kappa shape index (κ3) is 3.07. The number of amides is 2. The Morgan fingerprint density at radius 3 is 2.45 bits per heavy atom. The zero-order valence-electron chi connectivity index (χ0n) is 17.4. The number of likely N-dealkylation sites (tertiary alicyclic amines) is 1. The van der Waals surface area contributed by atoms with E-state index in [1.54, 1.807) is 24.1 Å². The Bertz CT molecular complexity index is 1030. The Morgan fingerprint density at radius 1 is 1.07 bits per heavy atom. The quantitative estimate of drug-likeness (QED) is 0.799. The summed E-state index contributed by atoms with van der Waals surface area (Å²) in [6.07, 6.45) is 0.758. The van der Waals surface area contributed by atoms with Gasteiger partial charge in [-0.15, -0.1) is 0 Å². The predicted molar refractivity (Wildman–Crippen MR) is 111 cm³/mol. The molecule has 1 atom stereocenters. The highest BCUT2D eigenvalue weighted by Crippen LogP contribution is 2.43. The van der Waals surface area contributed by atoms with E-state index in [0.717, 1.165) is 6.42 Å². The van der Waals surface area contributed by atoms with Crippen molar-refractivity contribution in [3.63, 3.8) is 0 Å². The van der Waals surface area contributed by atoms with Crippen LogP contribution in [0.25, 0.3) is 0 Å². The van der Waals surface area contributed by atoms with Crippen LogP contribution in [0.4, 0.5) is 0 Å². The van der Waals surface area contributed by atoms with Gasteiger partial charge in [-0.25, -0.2) is 0 Å². The number of carbonyl (C=O) groups excluding carboxylic acids is 2. The second-order valence-corrected chi connectivity index (χ2v) is 8.76. The van der Waals surface area contributed by atoms with Gasteiger partial charge in [0.2, 0.25) is 5.91 Å². The minimum atomic E-state index is -0.205. The lowest BCUT2D eigenvalue weighted by atomic mass is 9.77. The second-order valence-electron chi connectivity index (χ2n) is 8.76. The average Bonchev–Trinajstić information content (AvgIpc) is 2.93. The Labute approximate surface area is 170 Å². The van der Waals surface area contributed by atoms with Gasteiger partial charge in [0, 0.05) is 38.7 Å². The molecule has 29 heavy (non-hydrogen) atoms. The molecule has 2 amide bonds. The first-order chi connectivity index (χ1) is 13.7. The molecule has 6 nitrogen and oxygen atoms in total. The van der Waals surface area contributed by atoms with E-state index in [2.05, 4.69) is 26.0 Å². The van der Waals surface area contributed by atoms with Gasteiger partial charge in [-0.1, -0.05) is 44.2 Å². The highest BCUT2D eigenvalue weighted by molar-refractivity contribution is 5.93. The van der Waals surface area contributed by atoms with Gasteiger partial charge < -0.3 is 14.4 Å². The lowest BCUT2D eigenvalue weighted by Crippen LogP contribution is -2.62. The Hall–Kier alpha value is -2.89. The normalized spacial score (nSPS) is 20.1. The molecular formula is C23H27N3O3. The third-order valence-corrected chi connectivity index (χ3v) is 6.75. The van der Waals surface area contributed by atoms with Crippen molar-refractivity contribution >= 4 is 11.8 Å². The fourth-order valence-electron chi connectivity index (χ4n) is 4.62. The van der Waals surface area contributed by atoms with Crippen molar-refractivity contribution in [1.82, 2.24) is 14.4 Å². The van der Waals surface area contributed by atoms with Gasteiger partial charge in [-0.05, 0) is 23.6 Å². The van der Waals surface area contributed by atoms with Crippen molar-refractivity contribution < 1.29 is 9.59 Å². The first-order valence-electron chi connectivity index (χ1n) is 10.0. The number of likely N-dealkylation sites (N-methyl/N-ethyl adjacent to an activating group) is 1.